The Kier molecular flexibility index (Phi) is 6.57. The van der Waals surface area contributed by atoms with Crippen molar-refractivity contribution in [2.24, 2.45) is 0 Å². The van der Waals surface area contributed by atoms with Gasteiger partial charge in [0.1, 0.15) is 0 Å². The molecule has 0 radical (unpaired) electrons. The maximum absolute atomic E-state index is 11.6. The van der Waals surface area contributed by atoms with Gasteiger partial charge in [-0.3, -0.25) is 4.79 Å². The number of amides is 2. The summed E-state index contributed by atoms with van der Waals surface area (Å²) in [5.74, 6) is 2.51. The fourth-order valence-electron chi connectivity index (χ4n) is 1.36. The first-order chi connectivity index (χ1) is 8.09. The van der Waals surface area contributed by atoms with Crippen LogP contribution in [0.1, 0.15) is 6.42 Å². The lowest BCUT2D eigenvalue weighted by atomic mass is 10.4. The van der Waals surface area contributed by atoms with Gasteiger partial charge >= 0.3 is 12.0 Å². The minimum atomic E-state index is -0.885. The Balaban J connectivity index is 2.16. The number of aliphatic carboxylic acids is 1. The fourth-order valence-corrected chi connectivity index (χ4v) is 3.97. The molecule has 0 aromatic heterocycles. The van der Waals surface area contributed by atoms with Crippen LogP contribution in [-0.2, 0) is 4.79 Å². The van der Waals surface area contributed by atoms with Crippen molar-refractivity contribution in [1.29, 1.82) is 0 Å². The summed E-state index contributed by atoms with van der Waals surface area (Å²) >= 11 is 3.80. The van der Waals surface area contributed by atoms with Gasteiger partial charge in [-0.05, 0) is 0 Å². The molecule has 1 rings (SSSR count). The molecule has 1 fully saturated rings. The predicted octanol–water partition coefficient (Wildman–Crippen LogP) is 0.951. The number of nitrogens with one attached hydrogen (secondary N) is 1. The lowest BCUT2D eigenvalue weighted by Crippen LogP contribution is -2.42. The first-order valence-corrected chi connectivity index (χ1v) is 7.70. The summed E-state index contributed by atoms with van der Waals surface area (Å²) in [5, 5.41) is 11.8. The standard InChI is InChI=1S/C10H18N2O3S2/c1-12(3-2-9(13)14)10(15)11-6-8-7-16-4-5-17-8/h8H,2-7H2,1H3,(H,11,15)(H,13,14). The van der Waals surface area contributed by atoms with Gasteiger partial charge in [0.05, 0.1) is 6.42 Å². The van der Waals surface area contributed by atoms with Crippen LogP contribution in [0.25, 0.3) is 0 Å². The minimum absolute atomic E-state index is 0.0159. The number of carboxylic acid groups (broad SMARTS) is 1. The van der Waals surface area contributed by atoms with Crippen LogP contribution in [0.4, 0.5) is 4.79 Å². The highest BCUT2D eigenvalue weighted by molar-refractivity contribution is 8.06. The Labute approximate surface area is 110 Å². The van der Waals surface area contributed by atoms with Crippen molar-refractivity contribution in [3.63, 3.8) is 0 Å². The molecule has 1 aliphatic rings. The van der Waals surface area contributed by atoms with Crippen molar-refractivity contribution in [2.45, 2.75) is 11.7 Å². The molecule has 2 N–H and O–H groups in total. The zero-order valence-electron chi connectivity index (χ0n) is 9.85. The van der Waals surface area contributed by atoms with E-state index in [-0.39, 0.29) is 19.0 Å². The molecule has 0 aliphatic carbocycles. The topological polar surface area (TPSA) is 69.6 Å². The average Bonchev–Trinajstić information content (AvgIpc) is 2.34. The molecule has 0 saturated carbocycles. The molecule has 0 aromatic carbocycles. The zero-order chi connectivity index (χ0) is 12.7. The number of urea groups is 1. The Morgan fingerprint density at radius 1 is 1.47 bits per heavy atom. The van der Waals surface area contributed by atoms with Crippen LogP contribution in [0.2, 0.25) is 0 Å². The smallest absolute Gasteiger partial charge is 0.317 e. The van der Waals surface area contributed by atoms with Gasteiger partial charge < -0.3 is 15.3 Å². The van der Waals surface area contributed by atoms with Gasteiger partial charge in [0.25, 0.3) is 0 Å². The molecule has 98 valence electrons. The number of carbonyl (C=O) groups is 2. The van der Waals surface area contributed by atoms with Crippen LogP contribution in [0.3, 0.4) is 0 Å². The zero-order valence-corrected chi connectivity index (χ0v) is 11.5. The molecule has 1 heterocycles. The van der Waals surface area contributed by atoms with E-state index >= 15 is 0 Å². The number of nitrogens with zero attached hydrogens (tertiary/aromatic N) is 1. The first kappa shape index (κ1) is 14.5. The second kappa shape index (κ2) is 7.71. The summed E-state index contributed by atoms with van der Waals surface area (Å²) in [5.41, 5.74) is 0. The summed E-state index contributed by atoms with van der Waals surface area (Å²) in [6.07, 6.45) is -0.0159. The maximum Gasteiger partial charge on any atom is 0.317 e. The van der Waals surface area contributed by atoms with E-state index in [0.29, 0.717) is 11.8 Å². The Hall–Kier alpha value is -0.560. The van der Waals surface area contributed by atoms with Gasteiger partial charge in [0, 0.05) is 42.6 Å². The van der Waals surface area contributed by atoms with E-state index in [1.165, 1.54) is 10.7 Å². The highest BCUT2D eigenvalue weighted by Crippen LogP contribution is 2.23. The number of carbonyl (C=O) groups excluding carboxylic acids is 1. The van der Waals surface area contributed by atoms with E-state index in [1.807, 2.05) is 23.5 Å². The molecule has 7 heteroatoms. The predicted molar refractivity (Wildman–Crippen MR) is 71.9 cm³/mol. The second-order valence-electron chi connectivity index (χ2n) is 3.82. The molecule has 1 saturated heterocycles. The second-order valence-corrected chi connectivity index (χ2v) is 6.38. The molecule has 1 unspecified atom stereocenters. The largest absolute Gasteiger partial charge is 0.481 e. The lowest BCUT2D eigenvalue weighted by Gasteiger charge is -2.23. The number of hydrogen-bond donors (Lipinski definition) is 2. The van der Waals surface area contributed by atoms with Crippen LogP contribution < -0.4 is 5.32 Å². The molecule has 1 aliphatic heterocycles. The molecule has 0 aromatic rings. The van der Waals surface area contributed by atoms with Gasteiger partial charge in [-0.2, -0.15) is 23.5 Å². The third kappa shape index (κ3) is 6.07. The number of hydrogen-bond acceptors (Lipinski definition) is 4. The van der Waals surface area contributed by atoms with Crippen LogP contribution in [-0.4, -0.2) is 64.7 Å². The SMILES string of the molecule is CN(CCC(=O)O)C(=O)NCC1CSCCS1. The van der Waals surface area contributed by atoms with Crippen molar-refractivity contribution in [1.82, 2.24) is 10.2 Å². The Bertz CT molecular complexity index is 270. The van der Waals surface area contributed by atoms with Crippen LogP contribution >= 0.6 is 23.5 Å². The van der Waals surface area contributed by atoms with E-state index in [0.717, 1.165) is 11.5 Å². The molecular formula is C10H18N2O3S2. The van der Waals surface area contributed by atoms with Gasteiger partial charge in [-0.1, -0.05) is 0 Å². The van der Waals surface area contributed by atoms with E-state index in [1.54, 1.807) is 7.05 Å². The van der Waals surface area contributed by atoms with Crippen LogP contribution in [0.15, 0.2) is 0 Å². The average molecular weight is 278 g/mol. The number of carboxylic acids is 1. The molecule has 17 heavy (non-hydrogen) atoms. The van der Waals surface area contributed by atoms with Crippen LogP contribution in [0, 0.1) is 0 Å². The fraction of sp³-hybridized carbons (Fsp3) is 0.800. The van der Waals surface area contributed by atoms with Crippen molar-refractivity contribution in [2.75, 3.05) is 37.4 Å². The minimum Gasteiger partial charge on any atom is -0.481 e. The van der Waals surface area contributed by atoms with Crippen molar-refractivity contribution >= 4 is 35.5 Å². The Morgan fingerprint density at radius 3 is 2.82 bits per heavy atom. The van der Waals surface area contributed by atoms with Gasteiger partial charge in [-0.15, -0.1) is 0 Å². The summed E-state index contributed by atoms with van der Waals surface area (Å²) < 4.78 is 0. The van der Waals surface area contributed by atoms with Crippen molar-refractivity contribution in [3.05, 3.63) is 0 Å². The van der Waals surface area contributed by atoms with Crippen LogP contribution in [0.5, 0.6) is 0 Å². The summed E-state index contributed by atoms with van der Waals surface area (Å²) in [6.45, 7) is 0.904. The Morgan fingerprint density at radius 2 is 2.24 bits per heavy atom. The molecule has 5 nitrogen and oxygen atoms in total. The molecule has 1 atom stereocenters. The van der Waals surface area contributed by atoms with Gasteiger partial charge in [0.15, 0.2) is 0 Å². The monoisotopic (exact) mass is 278 g/mol. The summed E-state index contributed by atoms with van der Waals surface area (Å²) in [6, 6.07) is -0.192. The summed E-state index contributed by atoms with van der Waals surface area (Å²) in [7, 11) is 1.61. The van der Waals surface area contributed by atoms with E-state index in [9.17, 15) is 9.59 Å². The highest BCUT2D eigenvalue weighted by atomic mass is 32.2. The van der Waals surface area contributed by atoms with Gasteiger partial charge in [0.2, 0.25) is 0 Å². The van der Waals surface area contributed by atoms with E-state index < -0.39 is 5.97 Å². The highest BCUT2D eigenvalue weighted by Gasteiger charge is 2.16. The molecule has 0 spiro atoms. The summed E-state index contributed by atoms with van der Waals surface area (Å²) in [4.78, 5) is 23.4. The molecule has 2 amide bonds. The number of thioether (sulfide) groups is 2. The lowest BCUT2D eigenvalue weighted by molar-refractivity contribution is -0.137. The molecule has 0 bridgehead atoms. The molecular weight excluding hydrogens is 260 g/mol. The third-order valence-corrected chi connectivity index (χ3v) is 5.22. The van der Waals surface area contributed by atoms with E-state index in [2.05, 4.69) is 5.32 Å². The van der Waals surface area contributed by atoms with Crippen molar-refractivity contribution in [3.8, 4) is 0 Å². The number of rotatable bonds is 5. The normalized spacial score (nSPS) is 19.7. The van der Waals surface area contributed by atoms with E-state index in [4.69, 9.17) is 5.11 Å². The third-order valence-electron chi connectivity index (χ3n) is 2.37. The first-order valence-electron chi connectivity index (χ1n) is 5.49. The maximum atomic E-state index is 11.6. The van der Waals surface area contributed by atoms with Crippen molar-refractivity contribution < 1.29 is 14.7 Å². The quantitative estimate of drug-likeness (QED) is 0.783. The van der Waals surface area contributed by atoms with Gasteiger partial charge in [-0.25, -0.2) is 4.79 Å².